The van der Waals surface area contributed by atoms with Crippen LogP contribution in [-0.2, 0) is 6.42 Å². The van der Waals surface area contributed by atoms with Crippen molar-refractivity contribution in [1.82, 2.24) is 0 Å². The summed E-state index contributed by atoms with van der Waals surface area (Å²) in [6, 6.07) is 4.67. The summed E-state index contributed by atoms with van der Waals surface area (Å²) >= 11 is 0. The van der Waals surface area contributed by atoms with Gasteiger partial charge in [-0.25, -0.2) is 4.39 Å². The van der Waals surface area contributed by atoms with Crippen LogP contribution < -0.4 is 4.74 Å². The van der Waals surface area contributed by atoms with Crippen molar-refractivity contribution in [3.8, 4) is 5.75 Å². The minimum atomic E-state index is -0.185. The fourth-order valence-electron chi connectivity index (χ4n) is 1.58. The van der Waals surface area contributed by atoms with E-state index >= 15 is 0 Å². The minimum absolute atomic E-state index is 0.171. The zero-order valence-corrected chi connectivity index (χ0v) is 9.23. The first-order chi connectivity index (χ1) is 6.57. The molecule has 0 fully saturated rings. The van der Waals surface area contributed by atoms with Crippen molar-refractivity contribution < 1.29 is 9.13 Å². The Morgan fingerprint density at radius 3 is 2.57 bits per heavy atom. The third kappa shape index (κ3) is 2.25. The van der Waals surface area contributed by atoms with Crippen LogP contribution in [0.3, 0.4) is 0 Å². The fraction of sp³-hybridized carbons (Fsp3) is 0.500. The number of hydrogen-bond donors (Lipinski definition) is 0. The highest BCUT2D eigenvalue weighted by Gasteiger charge is 2.29. The van der Waals surface area contributed by atoms with Crippen molar-refractivity contribution >= 4 is 0 Å². The predicted molar refractivity (Wildman–Crippen MR) is 56.2 cm³/mol. The first-order valence-electron chi connectivity index (χ1n) is 5.04. The number of fused-ring (bicyclic) bond motifs is 1. The zero-order chi connectivity index (χ0) is 10.8. The zero-order valence-electron chi connectivity index (χ0n) is 9.23. The molecular formula is C12H17FO. The molecule has 0 radical (unpaired) electrons. The van der Waals surface area contributed by atoms with E-state index in [1.807, 2.05) is 27.7 Å². The maximum atomic E-state index is 12.8. The van der Waals surface area contributed by atoms with Gasteiger partial charge in [-0.3, -0.25) is 0 Å². The highest BCUT2D eigenvalue weighted by molar-refractivity contribution is 5.39. The Hall–Kier alpha value is -1.05. The smallest absolute Gasteiger partial charge is 0.123 e. The summed E-state index contributed by atoms with van der Waals surface area (Å²) < 4.78 is 18.3. The average Bonchev–Trinajstić information content (AvgIpc) is 2.41. The van der Waals surface area contributed by atoms with Gasteiger partial charge in [-0.1, -0.05) is 13.8 Å². The largest absolute Gasteiger partial charge is 0.487 e. The monoisotopic (exact) mass is 196 g/mol. The molecule has 0 bridgehead atoms. The molecule has 1 aromatic rings. The van der Waals surface area contributed by atoms with Gasteiger partial charge in [0.15, 0.2) is 0 Å². The molecule has 0 aliphatic carbocycles. The number of rotatable bonds is 0. The Labute approximate surface area is 84.9 Å². The molecule has 78 valence electrons. The number of halogens is 1. The van der Waals surface area contributed by atoms with Gasteiger partial charge in [0.05, 0.1) is 0 Å². The van der Waals surface area contributed by atoms with E-state index < -0.39 is 0 Å². The average molecular weight is 196 g/mol. The summed E-state index contributed by atoms with van der Waals surface area (Å²) in [4.78, 5) is 0. The quantitative estimate of drug-likeness (QED) is 0.616. The maximum Gasteiger partial charge on any atom is 0.123 e. The Bertz CT molecular complexity index is 318. The molecule has 0 saturated heterocycles. The van der Waals surface area contributed by atoms with Gasteiger partial charge in [-0.15, -0.1) is 0 Å². The molecule has 2 heteroatoms. The summed E-state index contributed by atoms with van der Waals surface area (Å²) in [5.74, 6) is 0.636. The molecule has 0 atom stereocenters. The van der Waals surface area contributed by atoms with E-state index in [0.717, 1.165) is 17.7 Å². The summed E-state index contributed by atoms with van der Waals surface area (Å²) in [6.07, 6.45) is 0.792. The second kappa shape index (κ2) is 3.99. The molecular weight excluding hydrogens is 179 g/mol. The predicted octanol–water partition coefficient (Wildman–Crippen LogP) is 3.57. The molecule has 0 N–H and O–H groups in total. The van der Waals surface area contributed by atoms with Crippen molar-refractivity contribution in [3.05, 3.63) is 29.6 Å². The first-order valence-corrected chi connectivity index (χ1v) is 5.04. The summed E-state index contributed by atoms with van der Waals surface area (Å²) in [5, 5.41) is 0. The normalized spacial score (nSPS) is 16.4. The van der Waals surface area contributed by atoms with Crippen LogP contribution in [0.15, 0.2) is 18.2 Å². The highest BCUT2D eigenvalue weighted by Crippen LogP contribution is 2.34. The van der Waals surface area contributed by atoms with Crippen LogP contribution in [0, 0.1) is 5.82 Å². The van der Waals surface area contributed by atoms with E-state index in [4.69, 9.17) is 4.74 Å². The van der Waals surface area contributed by atoms with Crippen molar-refractivity contribution in [2.45, 2.75) is 39.7 Å². The van der Waals surface area contributed by atoms with Crippen LogP contribution in [0.1, 0.15) is 33.3 Å². The summed E-state index contributed by atoms with van der Waals surface area (Å²) in [5.41, 5.74) is 0.802. The second-order valence-corrected chi connectivity index (χ2v) is 3.79. The number of hydrogen-bond acceptors (Lipinski definition) is 1. The van der Waals surface area contributed by atoms with Gasteiger partial charge in [-0.2, -0.15) is 0 Å². The molecule has 1 nitrogen and oxygen atoms in total. The molecule has 1 aromatic carbocycles. The van der Waals surface area contributed by atoms with Gasteiger partial charge in [0.1, 0.15) is 17.2 Å². The molecule has 14 heavy (non-hydrogen) atoms. The van der Waals surface area contributed by atoms with E-state index in [2.05, 4.69) is 0 Å². The maximum absolute atomic E-state index is 12.8. The van der Waals surface area contributed by atoms with Crippen molar-refractivity contribution in [3.63, 3.8) is 0 Å². The lowest BCUT2D eigenvalue weighted by Gasteiger charge is -2.16. The molecule has 0 unspecified atom stereocenters. The summed E-state index contributed by atoms with van der Waals surface area (Å²) in [6.45, 7) is 8.01. The van der Waals surface area contributed by atoms with E-state index in [1.54, 1.807) is 12.1 Å². The third-order valence-electron chi connectivity index (χ3n) is 2.02. The lowest BCUT2D eigenvalue weighted by Crippen LogP contribution is -2.24. The van der Waals surface area contributed by atoms with Gasteiger partial charge < -0.3 is 4.74 Å². The van der Waals surface area contributed by atoms with Crippen molar-refractivity contribution in [2.24, 2.45) is 0 Å². The number of ether oxygens (including phenoxy) is 1. The SMILES string of the molecule is CC.CC1(C)Cc2cc(F)ccc2O1. The minimum Gasteiger partial charge on any atom is -0.487 e. The fourth-order valence-corrected chi connectivity index (χ4v) is 1.58. The standard InChI is InChI=1S/C10H11FO.C2H6/c1-10(2)6-7-5-8(11)3-4-9(7)12-10;1-2/h3-5H,6H2,1-2H3;1-2H3. The topological polar surface area (TPSA) is 9.23 Å². The second-order valence-electron chi connectivity index (χ2n) is 3.79. The van der Waals surface area contributed by atoms with Crippen LogP contribution in [0.4, 0.5) is 4.39 Å². The Kier molecular flexibility index (Phi) is 3.14. The van der Waals surface area contributed by atoms with Gasteiger partial charge in [0.2, 0.25) is 0 Å². The van der Waals surface area contributed by atoms with Crippen molar-refractivity contribution in [2.75, 3.05) is 0 Å². The van der Waals surface area contributed by atoms with Crippen LogP contribution in [0.25, 0.3) is 0 Å². The molecule has 1 aliphatic heterocycles. The summed E-state index contributed by atoms with van der Waals surface area (Å²) in [7, 11) is 0. The van der Waals surface area contributed by atoms with Crippen LogP contribution >= 0.6 is 0 Å². The Morgan fingerprint density at radius 1 is 1.29 bits per heavy atom. The molecule has 0 spiro atoms. The van der Waals surface area contributed by atoms with E-state index in [1.165, 1.54) is 6.07 Å². The molecule has 0 aromatic heterocycles. The lowest BCUT2D eigenvalue weighted by molar-refractivity contribution is 0.138. The Morgan fingerprint density at radius 2 is 1.93 bits per heavy atom. The van der Waals surface area contributed by atoms with E-state index in [-0.39, 0.29) is 11.4 Å². The van der Waals surface area contributed by atoms with Gasteiger partial charge >= 0.3 is 0 Å². The van der Waals surface area contributed by atoms with Gasteiger partial charge in [0.25, 0.3) is 0 Å². The highest BCUT2D eigenvalue weighted by atomic mass is 19.1. The Balaban J connectivity index is 0.000000461. The van der Waals surface area contributed by atoms with Gasteiger partial charge in [-0.05, 0) is 32.0 Å². The van der Waals surface area contributed by atoms with Gasteiger partial charge in [0, 0.05) is 12.0 Å². The van der Waals surface area contributed by atoms with Crippen LogP contribution in [0.2, 0.25) is 0 Å². The molecule has 1 heterocycles. The van der Waals surface area contributed by atoms with Crippen LogP contribution in [0.5, 0.6) is 5.75 Å². The lowest BCUT2D eigenvalue weighted by atomic mass is 10.0. The van der Waals surface area contributed by atoms with Crippen LogP contribution in [-0.4, -0.2) is 5.60 Å². The molecule has 1 aliphatic rings. The third-order valence-corrected chi connectivity index (χ3v) is 2.02. The van der Waals surface area contributed by atoms with E-state index in [0.29, 0.717) is 0 Å². The first kappa shape index (κ1) is 11.0. The van der Waals surface area contributed by atoms with E-state index in [9.17, 15) is 4.39 Å². The number of benzene rings is 1. The molecule has 0 amide bonds. The molecule has 0 saturated carbocycles. The molecule has 2 rings (SSSR count). The van der Waals surface area contributed by atoms with Crippen molar-refractivity contribution in [1.29, 1.82) is 0 Å².